The van der Waals surface area contributed by atoms with Crippen LogP contribution in [0.15, 0.2) is 12.3 Å². The monoisotopic (exact) mass is 292 g/mol. The molecular weight excluding hydrogens is 268 g/mol. The van der Waals surface area contributed by atoms with Gasteiger partial charge in [-0.2, -0.15) is 0 Å². The molecule has 6 nitrogen and oxygen atoms in total. The third kappa shape index (κ3) is 4.12. The minimum absolute atomic E-state index is 0.315. The van der Waals surface area contributed by atoms with Gasteiger partial charge in [0.25, 0.3) is 0 Å². The van der Waals surface area contributed by atoms with Crippen molar-refractivity contribution in [1.82, 2.24) is 14.9 Å². The van der Waals surface area contributed by atoms with Crippen molar-refractivity contribution in [2.45, 2.75) is 19.4 Å². The van der Waals surface area contributed by atoms with Gasteiger partial charge < -0.3 is 14.4 Å². The molecule has 2 aliphatic rings. The lowest BCUT2D eigenvalue weighted by molar-refractivity contribution is 0.0290. The van der Waals surface area contributed by atoms with E-state index in [1.54, 1.807) is 0 Å². The van der Waals surface area contributed by atoms with Crippen LogP contribution in [0.4, 0.5) is 5.82 Å². The summed E-state index contributed by atoms with van der Waals surface area (Å²) in [6.45, 7) is 9.52. The van der Waals surface area contributed by atoms with E-state index < -0.39 is 0 Å². The Balaban J connectivity index is 1.38. The fraction of sp³-hybridized carbons (Fsp3) is 0.733. The van der Waals surface area contributed by atoms with Gasteiger partial charge in [-0.25, -0.2) is 9.97 Å². The van der Waals surface area contributed by atoms with Crippen LogP contribution in [0.2, 0.25) is 0 Å². The van der Waals surface area contributed by atoms with Crippen LogP contribution in [-0.4, -0.2) is 73.5 Å². The molecule has 0 amide bonds. The summed E-state index contributed by atoms with van der Waals surface area (Å²) in [6.07, 6.45) is 3.19. The lowest BCUT2D eigenvalue weighted by atomic mass is 10.3. The van der Waals surface area contributed by atoms with Gasteiger partial charge in [0.05, 0.1) is 19.3 Å². The number of nitrogens with zero attached hydrogens (tertiary/aromatic N) is 4. The molecule has 1 unspecified atom stereocenters. The van der Waals surface area contributed by atoms with Crippen LogP contribution < -0.4 is 4.90 Å². The predicted octanol–water partition coefficient (Wildman–Crippen LogP) is 0.713. The van der Waals surface area contributed by atoms with Gasteiger partial charge in [-0.1, -0.05) is 0 Å². The Kier molecular flexibility index (Phi) is 5.00. The second-order valence-corrected chi connectivity index (χ2v) is 5.65. The quantitative estimate of drug-likeness (QED) is 0.797. The van der Waals surface area contributed by atoms with E-state index in [-0.39, 0.29) is 0 Å². The summed E-state index contributed by atoms with van der Waals surface area (Å²) < 4.78 is 11.1. The van der Waals surface area contributed by atoms with Gasteiger partial charge in [0.1, 0.15) is 11.6 Å². The number of piperazine rings is 1. The first-order valence-electron chi connectivity index (χ1n) is 7.77. The van der Waals surface area contributed by atoms with Crippen molar-refractivity contribution in [3.8, 4) is 0 Å². The molecule has 2 fully saturated rings. The van der Waals surface area contributed by atoms with Crippen molar-refractivity contribution in [2.24, 2.45) is 0 Å². The molecule has 0 aromatic carbocycles. The third-order valence-electron chi connectivity index (χ3n) is 4.11. The minimum Gasteiger partial charge on any atom is -0.379 e. The number of hydrogen-bond acceptors (Lipinski definition) is 6. The fourth-order valence-corrected chi connectivity index (χ4v) is 2.81. The van der Waals surface area contributed by atoms with Crippen molar-refractivity contribution in [3.05, 3.63) is 18.1 Å². The molecule has 3 heterocycles. The van der Waals surface area contributed by atoms with Crippen molar-refractivity contribution < 1.29 is 9.47 Å². The molecule has 0 saturated carbocycles. The van der Waals surface area contributed by atoms with E-state index in [4.69, 9.17) is 9.47 Å². The SMILES string of the molecule is Cc1nccc(N2CCN(CCOC3CCOC3)CC2)n1. The zero-order valence-corrected chi connectivity index (χ0v) is 12.7. The maximum Gasteiger partial charge on any atom is 0.132 e. The number of aromatic nitrogens is 2. The Bertz CT molecular complexity index is 443. The number of anilines is 1. The van der Waals surface area contributed by atoms with Crippen LogP contribution >= 0.6 is 0 Å². The van der Waals surface area contributed by atoms with E-state index in [0.29, 0.717) is 6.10 Å². The standard InChI is InChI=1S/C15H24N4O2/c1-13-16-4-2-15(17-13)19-7-5-18(6-8-19)9-11-21-14-3-10-20-12-14/h2,4,14H,3,5-12H2,1H3. The van der Waals surface area contributed by atoms with Gasteiger partial charge in [-0.05, 0) is 19.4 Å². The summed E-state index contributed by atoms with van der Waals surface area (Å²) in [5.74, 6) is 1.88. The molecule has 0 bridgehead atoms. The molecule has 0 spiro atoms. The molecule has 0 N–H and O–H groups in total. The first-order valence-corrected chi connectivity index (χ1v) is 7.77. The predicted molar refractivity (Wildman–Crippen MR) is 80.6 cm³/mol. The summed E-state index contributed by atoms with van der Waals surface area (Å²) in [5.41, 5.74) is 0. The topological polar surface area (TPSA) is 50.7 Å². The van der Waals surface area contributed by atoms with Crippen LogP contribution in [0.3, 0.4) is 0 Å². The lowest BCUT2D eigenvalue weighted by Crippen LogP contribution is -2.47. The molecule has 0 aliphatic carbocycles. The fourth-order valence-electron chi connectivity index (χ4n) is 2.81. The van der Waals surface area contributed by atoms with Crippen molar-refractivity contribution >= 4 is 5.82 Å². The van der Waals surface area contributed by atoms with Crippen molar-refractivity contribution in [2.75, 3.05) is 57.4 Å². The maximum absolute atomic E-state index is 5.83. The zero-order chi connectivity index (χ0) is 14.5. The largest absolute Gasteiger partial charge is 0.379 e. The molecule has 2 aliphatic heterocycles. The normalized spacial score (nSPS) is 23.7. The lowest BCUT2D eigenvalue weighted by Gasteiger charge is -2.35. The summed E-state index contributed by atoms with van der Waals surface area (Å²) in [5, 5.41) is 0. The molecule has 1 atom stereocenters. The van der Waals surface area contributed by atoms with Crippen LogP contribution in [0, 0.1) is 6.92 Å². The molecule has 116 valence electrons. The van der Waals surface area contributed by atoms with Gasteiger partial charge in [-0.3, -0.25) is 4.90 Å². The number of rotatable bonds is 5. The summed E-state index contributed by atoms with van der Waals surface area (Å²) in [6, 6.07) is 1.99. The molecule has 3 rings (SSSR count). The summed E-state index contributed by atoms with van der Waals surface area (Å²) >= 11 is 0. The highest BCUT2D eigenvalue weighted by Gasteiger charge is 2.19. The van der Waals surface area contributed by atoms with Gasteiger partial charge in [0, 0.05) is 45.5 Å². The minimum atomic E-state index is 0.315. The first kappa shape index (κ1) is 14.7. The van der Waals surface area contributed by atoms with E-state index in [1.807, 2.05) is 19.2 Å². The van der Waals surface area contributed by atoms with E-state index in [9.17, 15) is 0 Å². The van der Waals surface area contributed by atoms with E-state index in [1.165, 1.54) is 0 Å². The van der Waals surface area contributed by atoms with Crippen molar-refractivity contribution in [3.63, 3.8) is 0 Å². The van der Waals surface area contributed by atoms with Crippen molar-refractivity contribution in [1.29, 1.82) is 0 Å². The Hall–Kier alpha value is -1.24. The highest BCUT2D eigenvalue weighted by Crippen LogP contribution is 2.13. The molecule has 1 aromatic rings. The highest BCUT2D eigenvalue weighted by molar-refractivity contribution is 5.37. The molecule has 1 aromatic heterocycles. The van der Waals surface area contributed by atoms with Crippen LogP contribution in [-0.2, 0) is 9.47 Å². The summed E-state index contributed by atoms with van der Waals surface area (Å²) in [7, 11) is 0. The van der Waals surface area contributed by atoms with E-state index in [2.05, 4.69) is 19.8 Å². The Labute approximate surface area is 126 Å². The number of ether oxygens (including phenoxy) is 2. The molecule has 21 heavy (non-hydrogen) atoms. The van der Waals surface area contributed by atoms with E-state index >= 15 is 0 Å². The third-order valence-corrected chi connectivity index (χ3v) is 4.11. The number of aryl methyl sites for hydroxylation is 1. The molecule has 0 radical (unpaired) electrons. The Morgan fingerprint density at radius 2 is 2.19 bits per heavy atom. The molecule has 6 heteroatoms. The first-order chi connectivity index (χ1) is 10.3. The second kappa shape index (κ2) is 7.15. The van der Waals surface area contributed by atoms with Gasteiger partial charge >= 0.3 is 0 Å². The van der Waals surface area contributed by atoms with Crippen LogP contribution in [0.25, 0.3) is 0 Å². The average Bonchev–Trinajstić information content (AvgIpc) is 3.01. The maximum atomic E-state index is 5.83. The summed E-state index contributed by atoms with van der Waals surface area (Å²) in [4.78, 5) is 13.4. The van der Waals surface area contributed by atoms with Gasteiger partial charge in [-0.15, -0.1) is 0 Å². The van der Waals surface area contributed by atoms with E-state index in [0.717, 1.165) is 70.6 Å². The number of hydrogen-bond donors (Lipinski definition) is 0. The molecular formula is C15H24N4O2. The van der Waals surface area contributed by atoms with Crippen LogP contribution in [0.1, 0.15) is 12.2 Å². The molecule has 2 saturated heterocycles. The average molecular weight is 292 g/mol. The Morgan fingerprint density at radius 3 is 2.90 bits per heavy atom. The van der Waals surface area contributed by atoms with Gasteiger partial charge in [0.2, 0.25) is 0 Å². The Morgan fingerprint density at radius 1 is 1.33 bits per heavy atom. The smallest absolute Gasteiger partial charge is 0.132 e. The zero-order valence-electron chi connectivity index (χ0n) is 12.7. The van der Waals surface area contributed by atoms with Gasteiger partial charge in [0.15, 0.2) is 0 Å². The second-order valence-electron chi connectivity index (χ2n) is 5.65. The van der Waals surface area contributed by atoms with Crippen LogP contribution in [0.5, 0.6) is 0 Å². The highest BCUT2D eigenvalue weighted by atomic mass is 16.5.